The number of benzene rings is 2. The van der Waals surface area contributed by atoms with Gasteiger partial charge in [-0.15, -0.1) is 0 Å². The summed E-state index contributed by atoms with van der Waals surface area (Å²) in [5.74, 6) is 0.894. The number of nitrogens with one attached hydrogen (secondary N) is 3. The Balaban J connectivity index is 1.16. The predicted octanol–water partition coefficient (Wildman–Crippen LogP) is 4.86. The zero-order valence-corrected chi connectivity index (χ0v) is 25.2. The van der Waals surface area contributed by atoms with Crippen molar-refractivity contribution in [2.24, 2.45) is 10.9 Å². The maximum atomic E-state index is 13.4. The molecule has 2 aromatic carbocycles. The highest BCUT2D eigenvalue weighted by atomic mass is 16.5. The van der Waals surface area contributed by atoms with Gasteiger partial charge in [-0.3, -0.25) is 9.59 Å². The number of aryl methyl sites for hydroxylation is 1. The summed E-state index contributed by atoms with van der Waals surface area (Å²) in [4.78, 5) is 39.9. The molecule has 226 valence electrons. The molecule has 3 aromatic rings. The van der Waals surface area contributed by atoms with Crippen LogP contribution >= 0.6 is 0 Å². The first-order valence-corrected chi connectivity index (χ1v) is 14.9. The molecule has 44 heavy (non-hydrogen) atoms. The summed E-state index contributed by atoms with van der Waals surface area (Å²) < 4.78 is 5.44. The quantitative estimate of drug-likeness (QED) is 0.360. The van der Waals surface area contributed by atoms with E-state index < -0.39 is 0 Å². The number of carbonyl (C=O) groups excluding carboxylic acids is 2. The molecule has 0 radical (unpaired) electrons. The molecule has 0 saturated carbocycles. The first-order valence-electron chi connectivity index (χ1n) is 14.9. The van der Waals surface area contributed by atoms with E-state index in [-0.39, 0.29) is 23.8 Å². The van der Waals surface area contributed by atoms with Crippen LogP contribution in [0.2, 0.25) is 0 Å². The average Bonchev–Trinajstić information content (AvgIpc) is 3.40. The largest absolute Gasteiger partial charge is 0.378 e. The van der Waals surface area contributed by atoms with Gasteiger partial charge in [0.2, 0.25) is 5.91 Å². The van der Waals surface area contributed by atoms with E-state index in [1.54, 1.807) is 18.5 Å². The summed E-state index contributed by atoms with van der Waals surface area (Å²) in [5.41, 5.74) is 5.90. The Bertz CT molecular complexity index is 1640. The predicted molar refractivity (Wildman–Crippen MR) is 172 cm³/mol. The lowest BCUT2D eigenvalue weighted by Crippen LogP contribution is -2.36. The molecule has 3 aliphatic heterocycles. The first-order chi connectivity index (χ1) is 21.4. The van der Waals surface area contributed by atoms with Crippen LogP contribution in [0.15, 0.2) is 95.5 Å². The number of fused-ring (bicyclic) bond motifs is 1. The maximum absolute atomic E-state index is 13.4. The maximum Gasteiger partial charge on any atom is 0.255 e. The fraction of sp³-hybridized carbons (Fsp3) is 0.294. The summed E-state index contributed by atoms with van der Waals surface area (Å²) in [6, 6.07) is 19.1. The second-order valence-corrected chi connectivity index (χ2v) is 11.3. The summed E-state index contributed by atoms with van der Waals surface area (Å²) in [7, 11) is 0. The van der Waals surface area contributed by atoms with Gasteiger partial charge in [0.25, 0.3) is 5.91 Å². The standard InChI is InChI=1S/C34H37N7O3/c1-22-9-10-27(38-33(42)26-11-12-35-30(19-26)40-15-17-44-18-16-40)20-29(22)39-32-31-23(2)28(21-41(31)14-13-36-32)34(43)37-24(3)25-7-5-4-6-8-25/h4-14,19-20,24,28H,15-18,21H2,1-3H3,(H,36,39)(H,37,43)(H,38,42). The molecule has 10 nitrogen and oxygen atoms in total. The Kier molecular flexibility index (Phi) is 8.42. The molecular weight excluding hydrogens is 554 g/mol. The van der Waals surface area contributed by atoms with Crippen LogP contribution in [-0.4, -0.2) is 60.4 Å². The van der Waals surface area contributed by atoms with Crippen LogP contribution in [0.3, 0.4) is 0 Å². The van der Waals surface area contributed by atoms with Gasteiger partial charge < -0.3 is 30.5 Å². The molecule has 2 amide bonds. The lowest BCUT2D eigenvalue weighted by molar-refractivity contribution is -0.124. The summed E-state index contributed by atoms with van der Waals surface area (Å²) in [6.07, 6.45) is 5.31. The zero-order chi connectivity index (χ0) is 30.6. The number of hydrogen-bond acceptors (Lipinski definition) is 8. The van der Waals surface area contributed by atoms with Gasteiger partial charge in [0.1, 0.15) is 5.82 Å². The van der Waals surface area contributed by atoms with Gasteiger partial charge >= 0.3 is 0 Å². The SMILES string of the molecule is CC1=C2C(Nc3cc(NC(=O)c4ccnc(N5CCOCC5)c4)ccc3C)=NC=CN2CC1C(=O)NC(C)c1ccccc1. The molecule has 2 atom stereocenters. The van der Waals surface area contributed by atoms with E-state index in [1.807, 2.05) is 81.6 Å². The number of anilines is 3. The third kappa shape index (κ3) is 6.21. The van der Waals surface area contributed by atoms with Crippen molar-refractivity contribution in [2.75, 3.05) is 48.4 Å². The van der Waals surface area contributed by atoms with Gasteiger partial charge in [0.05, 0.1) is 30.9 Å². The van der Waals surface area contributed by atoms with Gasteiger partial charge in [0.15, 0.2) is 5.84 Å². The number of rotatable bonds is 7. The Morgan fingerprint density at radius 1 is 1.02 bits per heavy atom. The fourth-order valence-electron chi connectivity index (χ4n) is 5.72. The van der Waals surface area contributed by atoms with E-state index >= 15 is 0 Å². The molecule has 10 heteroatoms. The molecule has 0 bridgehead atoms. The molecule has 4 heterocycles. The van der Waals surface area contributed by atoms with E-state index in [1.165, 1.54) is 0 Å². The lowest BCUT2D eigenvalue weighted by atomic mass is 10.00. The highest BCUT2D eigenvalue weighted by molar-refractivity contribution is 6.11. The minimum Gasteiger partial charge on any atom is -0.378 e. The van der Waals surface area contributed by atoms with E-state index in [0.29, 0.717) is 36.8 Å². The second-order valence-electron chi connectivity index (χ2n) is 11.3. The monoisotopic (exact) mass is 591 g/mol. The lowest BCUT2D eigenvalue weighted by Gasteiger charge is -2.27. The minimum absolute atomic E-state index is 0.0118. The topological polar surface area (TPSA) is 111 Å². The van der Waals surface area contributed by atoms with Crippen molar-refractivity contribution in [3.05, 3.63) is 107 Å². The molecule has 3 aliphatic rings. The molecule has 3 N–H and O–H groups in total. The Hall–Kier alpha value is -4.96. The van der Waals surface area contributed by atoms with Crippen LogP contribution in [-0.2, 0) is 9.53 Å². The van der Waals surface area contributed by atoms with E-state index in [0.717, 1.165) is 47.0 Å². The number of morpholine rings is 1. The normalized spacial score (nSPS) is 18.4. The van der Waals surface area contributed by atoms with Crippen molar-refractivity contribution in [1.29, 1.82) is 0 Å². The van der Waals surface area contributed by atoms with Crippen LogP contribution in [0, 0.1) is 12.8 Å². The smallest absolute Gasteiger partial charge is 0.255 e. The molecule has 2 unspecified atom stereocenters. The number of pyridine rings is 1. The molecule has 1 saturated heterocycles. The van der Waals surface area contributed by atoms with Crippen LogP contribution in [0.4, 0.5) is 17.2 Å². The number of ether oxygens (including phenoxy) is 1. The molecule has 0 spiro atoms. The van der Waals surface area contributed by atoms with Gasteiger partial charge in [0, 0.05) is 55.2 Å². The Labute approximate surface area is 257 Å². The number of amides is 2. The van der Waals surface area contributed by atoms with Gasteiger partial charge in [-0.1, -0.05) is 36.4 Å². The van der Waals surface area contributed by atoms with Crippen molar-refractivity contribution in [3.8, 4) is 0 Å². The number of aromatic nitrogens is 1. The number of hydrogen-bond donors (Lipinski definition) is 3. The zero-order valence-electron chi connectivity index (χ0n) is 25.2. The van der Waals surface area contributed by atoms with Crippen molar-refractivity contribution < 1.29 is 14.3 Å². The van der Waals surface area contributed by atoms with Crippen molar-refractivity contribution in [3.63, 3.8) is 0 Å². The number of nitrogens with zero attached hydrogens (tertiary/aromatic N) is 4. The first kappa shape index (κ1) is 29.1. The molecule has 1 aromatic heterocycles. The van der Waals surface area contributed by atoms with E-state index in [2.05, 4.69) is 35.7 Å². The van der Waals surface area contributed by atoms with Crippen molar-refractivity contribution in [2.45, 2.75) is 26.8 Å². The molecular formula is C34H37N7O3. The number of amidine groups is 1. The van der Waals surface area contributed by atoms with Crippen molar-refractivity contribution >= 4 is 34.8 Å². The summed E-state index contributed by atoms with van der Waals surface area (Å²) in [5, 5.41) is 9.67. The molecule has 6 rings (SSSR count). The van der Waals surface area contributed by atoms with Crippen LogP contribution in [0.25, 0.3) is 0 Å². The highest BCUT2D eigenvalue weighted by Gasteiger charge is 2.36. The van der Waals surface area contributed by atoms with Gasteiger partial charge in [-0.2, -0.15) is 0 Å². The highest BCUT2D eigenvalue weighted by Crippen LogP contribution is 2.33. The van der Waals surface area contributed by atoms with E-state index in [9.17, 15) is 9.59 Å². The Morgan fingerprint density at radius 3 is 2.61 bits per heavy atom. The van der Waals surface area contributed by atoms with Crippen LogP contribution in [0.1, 0.15) is 41.4 Å². The summed E-state index contributed by atoms with van der Waals surface area (Å²) in [6.45, 7) is 9.32. The number of carbonyl (C=O) groups is 2. The summed E-state index contributed by atoms with van der Waals surface area (Å²) >= 11 is 0. The molecule has 1 fully saturated rings. The number of aliphatic imine (C=N–C) groups is 1. The fourth-order valence-corrected chi connectivity index (χ4v) is 5.72. The third-order valence-electron chi connectivity index (χ3n) is 8.30. The second kappa shape index (κ2) is 12.7. The van der Waals surface area contributed by atoms with E-state index in [4.69, 9.17) is 4.74 Å². The average molecular weight is 592 g/mol. The Morgan fingerprint density at radius 2 is 1.82 bits per heavy atom. The minimum atomic E-state index is -0.305. The van der Waals surface area contributed by atoms with Crippen LogP contribution in [0.5, 0.6) is 0 Å². The molecule has 0 aliphatic carbocycles. The van der Waals surface area contributed by atoms with Gasteiger partial charge in [-0.25, -0.2) is 9.98 Å². The van der Waals surface area contributed by atoms with Gasteiger partial charge in [-0.05, 0) is 61.7 Å². The van der Waals surface area contributed by atoms with Crippen LogP contribution < -0.4 is 20.9 Å². The third-order valence-corrected chi connectivity index (χ3v) is 8.30. The van der Waals surface area contributed by atoms with Crippen molar-refractivity contribution in [1.82, 2.24) is 15.2 Å².